The highest BCUT2D eigenvalue weighted by Gasteiger charge is 2.50. The van der Waals surface area contributed by atoms with Gasteiger partial charge in [-0.1, -0.05) is 6.92 Å². The maximum Gasteiger partial charge on any atom is 0.343 e. The van der Waals surface area contributed by atoms with E-state index >= 15 is 0 Å². The van der Waals surface area contributed by atoms with Gasteiger partial charge in [-0.3, -0.25) is 4.79 Å². The number of rotatable bonds is 5. The van der Waals surface area contributed by atoms with Gasteiger partial charge < -0.3 is 24.4 Å². The van der Waals surface area contributed by atoms with E-state index in [1.165, 1.54) is 20.1 Å². The number of phenolic OH excluding ortho intramolecular Hbond substituents is 1. The molecule has 0 saturated carbocycles. The number of carbonyl (C=O) groups excluding carboxylic acids is 2. The summed E-state index contributed by atoms with van der Waals surface area (Å²) in [6, 6.07) is 2.87. The molecule has 7 nitrogen and oxygen atoms in total. The van der Waals surface area contributed by atoms with Crippen molar-refractivity contribution in [2.24, 2.45) is 0 Å². The van der Waals surface area contributed by atoms with Crippen molar-refractivity contribution in [3.63, 3.8) is 0 Å². The van der Waals surface area contributed by atoms with Crippen LogP contribution in [-0.4, -0.2) is 47.4 Å². The molecule has 1 aliphatic heterocycles. The smallest absolute Gasteiger partial charge is 0.343 e. The Morgan fingerprint density at radius 3 is 2.72 bits per heavy atom. The number of methoxy groups -OCH3 is 1. The van der Waals surface area contributed by atoms with E-state index in [2.05, 4.69) is 0 Å². The number of phenols is 1. The number of aliphatic hydroxyl groups is 1. The molecule has 29 heavy (non-hydrogen) atoms. The third-order valence-corrected chi connectivity index (χ3v) is 5.43. The highest BCUT2D eigenvalue weighted by atomic mass is 16.6. The van der Waals surface area contributed by atoms with Gasteiger partial charge in [-0.15, -0.1) is 0 Å². The molecule has 156 valence electrons. The number of allylic oxidation sites excluding steroid dienone is 2. The minimum atomic E-state index is -1.77. The molecule has 1 aromatic rings. The molecule has 0 amide bonds. The number of carbonyl (C=O) groups is 2. The van der Waals surface area contributed by atoms with Crippen molar-refractivity contribution < 1.29 is 34.0 Å². The molecule has 2 aliphatic rings. The SMILES string of the molecule is CCCC1=CC2=C(CO1)C(=O)[C@](C)(OC(=O)c1c(C)cc(OC)cc1O)[C@H](O)C2. The zero-order valence-corrected chi connectivity index (χ0v) is 17.1. The number of aromatic hydroxyl groups is 1. The third-order valence-electron chi connectivity index (χ3n) is 5.43. The lowest BCUT2D eigenvalue weighted by Crippen LogP contribution is -2.54. The van der Waals surface area contributed by atoms with Crippen molar-refractivity contribution >= 4 is 11.8 Å². The second-order valence-electron chi connectivity index (χ2n) is 7.54. The highest BCUT2D eigenvalue weighted by Crippen LogP contribution is 2.38. The predicted octanol–water partition coefficient (Wildman–Crippen LogP) is 2.97. The van der Waals surface area contributed by atoms with Gasteiger partial charge >= 0.3 is 5.97 Å². The Hall–Kier alpha value is -2.80. The lowest BCUT2D eigenvalue weighted by molar-refractivity contribution is -0.147. The maximum absolute atomic E-state index is 13.1. The molecule has 2 N–H and O–H groups in total. The number of ether oxygens (including phenoxy) is 3. The summed E-state index contributed by atoms with van der Waals surface area (Å²) in [5, 5.41) is 20.9. The Balaban J connectivity index is 1.90. The highest BCUT2D eigenvalue weighted by molar-refractivity contribution is 6.07. The van der Waals surface area contributed by atoms with Gasteiger partial charge in [-0.25, -0.2) is 4.79 Å². The first-order valence-corrected chi connectivity index (χ1v) is 9.60. The average molecular weight is 402 g/mol. The van der Waals surface area contributed by atoms with Crippen molar-refractivity contribution in [2.45, 2.75) is 51.7 Å². The van der Waals surface area contributed by atoms with Crippen LogP contribution in [0.1, 0.15) is 49.0 Å². The molecule has 1 aliphatic carbocycles. The summed E-state index contributed by atoms with van der Waals surface area (Å²) in [5.74, 6) is -0.523. The predicted molar refractivity (Wildman–Crippen MR) is 105 cm³/mol. The second kappa shape index (κ2) is 7.91. The topological polar surface area (TPSA) is 102 Å². The van der Waals surface area contributed by atoms with Gasteiger partial charge in [0.1, 0.15) is 29.8 Å². The third kappa shape index (κ3) is 3.74. The molecule has 0 unspecified atom stereocenters. The van der Waals surface area contributed by atoms with Crippen LogP contribution in [0.25, 0.3) is 0 Å². The van der Waals surface area contributed by atoms with E-state index in [4.69, 9.17) is 14.2 Å². The Bertz CT molecular complexity index is 889. The van der Waals surface area contributed by atoms with Gasteiger partial charge in [-0.05, 0) is 43.5 Å². The Morgan fingerprint density at radius 2 is 2.10 bits per heavy atom. The van der Waals surface area contributed by atoms with Crippen LogP contribution < -0.4 is 4.74 Å². The number of Topliss-reactive ketones (excluding diaryl/α,β-unsaturated/α-hetero) is 1. The van der Waals surface area contributed by atoms with Crippen molar-refractivity contribution in [1.29, 1.82) is 0 Å². The number of hydrogen-bond donors (Lipinski definition) is 2. The van der Waals surface area contributed by atoms with Crippen LogP contribution in [0.2, 0.25) is 0 Å². The molecule has 0 fully saturated rings. The molecular weight excluding hydrogens is 376 g/mol. The molecule has 1 aromatic carbocycles. The van der Waals surface area contributed by atoms with E-state index in [9.17, 15) is 19.8 Å². The van der Waals surface area contributed by atoms with Crippen LogP contribution in [0.5, 0.6) is 11.5 Å². The summed E-state index contributed by atoms with van der Waals surface area (Å²) >= 11 is 0. The van der Waals surface area contributed by atoms with Crippen LogP contribution in [0, 0.1) is 6.92 Å². The molecule has 0 spiro atoms. The minimum absolute atomic E-state index is 0.0724. The lowest BCUT2D eigenvalue weighted by Gasteiger charge is -2.39. The van der Waals surface area contributed by atoms with Gasteiger partial charge in [0, 0.05) is 24.5 Å². The zero-order chi connectivity index (χ0) is 21.3. The number of benzene rings is 1. The number of esters is 1. The largest absolute Gasteiger partial charge is 0.507 e. The second-order valence-corrected chi connectivity index (χ2v) is 7.54. The van der Waals surface area contributed by atoms with Crippen molar-refractivity contribution in [1.82, 2.24) is 0 Å². The van der Waals surface area contributed by atoms with E-state index in [-0.39, 0.29) is 24.3 Å². The molecule has 7 heteroatoms. The van der Waals surface area contributed by atoms with Gasteiger partial charge in [0.2, 0.25) is 5.78 Å². The van der Waals surface area contributed by atoms with E-state index < -0.39 is 23.5 Å². The van der Waals surface area contributed by atoms with Gasteiger partial charge in [-0.2, -0.15) is 0 Å². The van der Waals surface area contributed by atoms with Crippen LogP contribution in [0.3, 0.4) is 0 Å². The summed E-state index contributed by atoms with van der Waals surface area (Å²) in [6.07, 6.45) is 2.42. The van der Waals surface area contributed by atoms with Gasteiger partial charge in [0.15, 0.2) is 5.60 Å². The summed E-state index contributed by atoms with van der Waals surface area (Å²) in [4.78, 5) is 25.9. The van der Waals surface area contributed by atoms with Crippen LogP contribution >= 0.6 is 0 Å². The van der Waals surface area contributed by atoms with Crippen molar-refractivity contribution in [2.75, 3.05) is 13.7 Å². The molecule has 2 atom stereocenters. The average Bonchev–Trinajstić information content (AvgIpc) is 2.66. The molecule has 0 bridgehead atoms. The maximum atomic E-state index is 13.1. The summed E-state index contributed by atoms with van der Waals surface area (Å²) in [7, 11) is 1.45. The fourth-order valence-corrected chi connectivity index (χ4v) is 3.70. The monoisotopic (exact) mass is 402 g/mol. The first kappa shape index (κ1) is 20.9. The first-order chi connectivity index (χ1) is 13.7. The number of aliphatic hydroxyl groups excluding tert-OH is 1. The minimum Gasteiger partial charge on any atom is -0.507 e. The summed E-state index contributed by atoms with van der Waals surface area (Å²) < 4.78 is 16.2. The number of ketones is 1. The van der Waals surface area contributed by atoms with E-state index in [1.54, 1.807) is 19.1 Å². The molecule has 0 radical (unpaired) electrons. The normalized spacial score (nSPS) is 23.8. The fourth-order valence-electron chi connectivity index (χ4n) is 3.70. The summed E-state index contributed by atoms with van der Waals surface area (Å²) in [5.41, 5.74) is -0.290. The van der Waals surface area contributed by atoms with E-state index in [0.29, 0.717) is 22.5 Å². The molecule has 0 aromatic heterocycles. The standard InChI is InChI=1S/C22H26O7/c1-5-6-14-8-13-9-18(24)22(3,20(25)16(13)11-28-14)29-21(26)19-12(2)7-15(27-4)10-17(19)23/h7-8,10,18,23-24H,5-6,9,11H2,1-4H3/t18-,22-/m1/s1. The Labute approximate surface area is 169 Å². The summed E-state index contributed by atoms with van der Waals surface area (Å²) in [6.45, 7) is 5.13. The van der Waals surface area contributed by atoms with Crippen LogP contribution in [0.4, 0.5) is 0 Å². The molecular formula is C22H26O7. The van der Waals surface area contributed by atoms with Gasteiger partial charge in [0.25, 0.3) is 0 Å². The first-order valence-electron chi connectivity index (χ1n) is 9.60. The van der Waals surface area contributed by atoms with Gasteiger partial charge in [0.05, 0.1) is 12.9 Å². The van der Waals surface area contributed by atoms with E-state index in [1.807, 2.05) is 6.92 Å². The van der Waals surface area contributed by atoms with Crippen molar-refractivity contribution in [3.8, 4) is 11.5 Å². The fraction of sp³-hybridized carbons (Fsp3) is 0.455. The lowest BCUT2D eigenvalue weighted by atomic mass is 9.77. The molecule has 0 saturated heterocycles. The number of aryl methyl sites for hydroxylation is 1. The quantitative estimate of drug-likeness (QED) is 0.730. The number of hydrogen-bond acceptors (Lipinski definition) is 7. The van der Waals surface area contributed by atoms with Crippen LogP contribution in [0.15, 0.2) is 35.1 Å². The molecule has 1 heterocycles. The Kier molecular flexibility index (Phi) is 5.71. The van der Waals surface area contributed by atoms with Crippen molar-refractivity contribution in [3.05, 3.63) is 46.2 Å². The zero-order valence-electron chi connectivity index (χ0n) is 17.1. The van der Waals surface area contributed by atoms with Crippen LogP contribution in [-0.2, 0) is 14.3 Å². The van der Waals surface area contributed by atoms with E-state index in [0.717, 1.165) is 18.6 Å². The molecule has 3 rings (SSSR count). The Morgan fingerprint density at radius 1 is 1.38 bits per heavy atom.